The van der Waals surface area contributed by atoms with E-state index in [-0.39, 0.29) is 5.91 Å². The molecule has 0 fully saturated rings. The third kappa shape index (κ3) is 2.66. The summed E-state index contributed by atoms with van der Waals surface area (Å²) < 4.78 is 1.82. The van der Waals surface area contributed by atoms with Crippen molar-refractivity contribution in [2.24, 2.45) is 11.3 Å². The molecule has 1 aliphatic carbocycles. The van der Waals surface area contributed by atoms with Crippen LogP contribution in [0.15, 0.2) is 12.4 Å². The molecule has 24 heavy (non-hydrogen) atoms. The molecule has 3 heterocycles. The van der Waals surface area contributed by atoms with Crippen LogP contribution in [0.1, 0.15) is 53.7 Å². The maximum atomic E-state index is 13.0. The van der Waals surface area contributed by atoms with Gasteiger partial charge in [0.15, 0.2) is 0 Å². The Morgan fingerprint density at radius 3 is 2.96 bits per heavy atom. The number of thiophene rings is 1. The zero-order valence-corrected chi connectivity index (χ0v) is 15.4. The van der Waals surface area contributed by atoms with Crippen LogP contribution in [0, 0.1) is 11.3 Å². The van der Waals surface area contributed by atoms with Crippen LogP contribution in [0.4, 0.5) is 5.95 Å². The second-order valence-electron chi connectivity index (χ2n) is 7.96. The fourth-order valence-corrected chi connectivity index (χ4v) is 4.95. The van der Waals surface area contributed by atoms with Crippen LogP contribution >= 0.6 is 11.3 Å². The van der Waals surface area contributed by atoms with E-state index in [1.54, 1.807) is 16.2 Å². The molecule has 1 amide bonds. The van der Waals surface area contributed by atoms with Crippen LogP contribution in [-0.2, 0) is 19.4 Å². The predicted molar refractivity (Wildman–Crippen MR) is 95.6 cm³/mol. The number of hydrogen-bond donors (Lipinski definition) is 0. The highest BCUT2D eigenvalue weighted by Gasteiger charge is 2.32. The van der Waals surface area contributed by atoms with Gasteiger partial charge in [-0.3, -0.25) is 9.69 Å². The van der Waals surface area contributed by atoms with Gasteiger partial charge in [-0.2, -0.15) is 10.1 Å². The number of carbonyl (C=O) groups excluding carboxylic acids is 1. The van der Waals surface area contributed by atoms with E-state index in [1.165, 1.54) is 23.2 Å². The molecule has 0 radical (unpaired) electrons. The third-order valence-electron chi connectivity index (χ3n) is 5.35. The average Bonchev–Trinajstić information content (AvgIpc) is 3.18. The predicted octanol–water partition coefficient (Wildman–Crippen LogP) is 3.54. The number of amides is 1. The van der Waals surface area contributed by atoms with Gasteiger partial charge in [0.05, 0.1) is 4.88 Å². The second kappa shape index (κ2) is 5.69. The first-order chi connectivity index (χ1) is 11.4. The Morgan fingerprint density at radius 2 is 2.17 bits per heavy atom. The smallest absolute Gasteiger partial charge is 0.270 e. The van der Waals surface area contributed by atoms with E-state index in [0.717, 1.165) is 37.2 Å². The van der Waals surface area contributed by atoms with Crippen LogP contribution in [-0.4, -0.2) is 27.2 Å². The van der Waals surface area contributed by atoms with Gasteiger partial charge >= 0.3 is 0 Å². The third-order valence-corrected chi connectivity index (χ3v) is 6.58. The molecular weight excluding hydrogens is 320 g/mol. The van der Waals surface area contributed by atoms with Crippen molar-refractivity contribution in [3.8, 4) is 0 Å². The standard InChI is InChI=1S/C18H24N4OS/c1-18(2,3)13-5-6-14-12(9-13)10-15(24-14)16(23)21-7-4-8-22-17(21)19-11-20-22/h10-11,13H,4-9H2,1-3H3. The van der Waals surface area contributed by atoms with Crippen molar-refractivity contribution in [3.05, 3.63) is 27.7 Å². The van der Waals surface area contributed by atoms with E-state index in [1.807, 2.05) is 4.68 Å². The van der Waals surface area contributed by atoms with Gasteiger partial charge in [-0.1, -0.05) is 20.8 Å². The van der Waals surface area contributed by atoms with Crippen molar-refractivity contribution in [3.63, 3.8) is 0 Å². The maximum absolute atomic E-state index is 13.0. The first kappa shape index (κ1) is 15.8. The van der Waals surface area contributed by atoms with E-state index >= 15 is 0 Å². The zero-order valence-electron chi connectivity index (χ0n) is 14.6. The van der Waals surface area contributed by atoms with Gasteiger partial charge < -0.3 is 0 Å². The van der Waals surface area contributed by atoms with Crippen LogP contribution in [0.5, 0.6) is 0 Å². The molecular formula is C18H24N4OS. The average molecular weight is 344 g/mol. The lowest BCUT2D eigenvalue weighted by Gasteiger charge is -2.33. The number of carbonyl (C=O) groups is 1. The molecule has 0 spiro atoms. The fourth-order valence-electron chi connectivity index (χ4n) is 3.80. The van der Waals surface area contributed by atoms with E-state index < -0.39 is 0 Å². The first-order valence-corrected chi connectivity index (χ1v) is 9.56. The summed E-state index contributed by atoms with van der Waals surface area (Å²) in [7, 11) is 0. The maximum Gasteiger partial charge on any atom is 0.270 e. The van der Waals surface area contributed by atoms with Crippen molar-refractivity contribution in [1.82, 2.24) is 14.8 Å². The number of fused-ring (bicyclic) bond motifs is 2. The van der Waals surface area contributed by atoms with E-state index in [2.05, 4.69) is 36.9 Å². The minimum atomic E-state index is 0.0793. The molecule has 2 aromatic heterocycles. The summed E-state index contributed by atoms with van der Waals surface area (Å²) in [6.07, 6.45) is 5.89. The molecule has 2 aromatic rings. The zero-order chi connectivity index (χ0) is 16.9. The molecule has 2 aliphatic rings. The fraction of sp³-hybridized carbons (Fsp3) is 0.611. The van der Waals surface area contributed by atoms with Crippen LogP contribution in [0.3, 0.4) is 0 Å². The Morgan fingerprint density at radius 1 is 1.33 bits per heavy atom. The van der Waals surface area contributed by atoms with Crippen molar-refractivity contribution in [2.45, 2.75) is 53.0 Å². The van der Waals surface area contributed by atoms with E-state index in [0.29, 0.717) is 17.3 Å². The summed E-state index contributed by atoms with van der Waals surface area (Å²) >= 11 is 1.68. The summed E-state index contributed by atoms with van der Waals surface area (Å²) in [5, 5.41) is 4.20. The van der Waals surface area contributed by atoms with Gasteiger partial charge in [0, 0.05) is 18.0 Å². The van der Waals surface area contributed by atoms with Crippen LogP contribution in [0.2, 0.25) is 0 Å². The number of anilines is 1. The molecule has 0 saturated heterocycles. The summed E-state index contributed by atoms with van der Waals surface area (Å²) in [5.41, 5.74) is 1.71. The SMILES string of the molecule is CC(C)(C)C1CCc2sc(C(=O)N3CCCn4ncnc43)cc2C1. The molecule has 128 valence electrons. The molecule has 0 bridgehead atoms. The summed E-state index contributed by atoms with van der Waals surface area (Å²) in [6.45, 7) is 8.53. The van der Waals surface area contributed by atoms with Gasteiger partial charge in [-0.05, 0) is 48.6 Å². The Balaban J connectivity index is 1.59. The molecule has 0 saturated carbocycles. The highest BCUT2D eigenvalue weighted by molar-refractivity contribution is 7.14. The van der Waals surface area contributed by atoms with Crippen molar-refractivity contribution in [2.75, 3.05) is 11.4 Å². The minimum absolute atomic E-state index is 0.0793. The van der Waals surface area contributed by atoms with E-state index in [9.17, 15) is 4.79 Å². The van der Waals surface area contributed by atoms with Crippen molar-refractivity contribution in [1.29, 1.82) is 0 Å². The molecule has 1 atom stereocenters. The number of rotatable bonds is 1. The quantitative estimate of drug-likeness (QED) is 0.795. The molecule has 1 aliphatic heterocycles. The summed E-state index contributed by atoms with van der Waals surface area (Å²) in [6, 6.07) is 2.13. The first-order valence-electron chi connectivity index (χ1n) is 8.75. The Kier molecular flexibility index (Phi) is 3.75. The van der Waals surface area contributed by atoms with Gasteiger partial charge in [0.2, 0.25) is 5.95 Å². The van der Waals surface area contributed by atoms with Crippen molar-refractivity contribution >= 4 is 23.2 Å². The molecule has 4 rings (SSSR count). The normalized spacial score (nSPS) is 20.6. The van der Waals surface area contributed by atoms with E-state index in [4.69, 9.17) is 0 Å². The lowest BCUT2D eigenvalue weighted by atomic mass is 9.72. The lowest BCUT2D eigenvalue weighted by Crippen LogP contribution is -2.37. The van der Waals surface area contributed by atoms with Gasteiger partial charge in [0.25, 0.3) is 5.91 Å². The highest BCUT2D eigenvalue weighted by Crippen LogP contribution is 2.40. The lowest BCUT2D eigenvalue weighted by molar-refractivity contribution is 0.0984. The monoisotopic (exact) mass is 344 g/mol. The van der Waals surface area contributed by atoms with Gasteiger partial charge in [-0.15, -0.1) is 11.3 Å². The number of hydrogen-bond acceptors (Lipinski definition) is 4. The molecule has 0 N–H and O–H groups in total. The molecule has 6 heteroatoms. The van der Waals surface area contributed by atoms with Gasteiger partial charge in [0.1, 0.15) is 6.33 Å². The van der Waals surface area contributed by atoms with Crippen LogP contribution < -0.4 is 4.90 Å². The summed E-state index contributed by atoms with van der Waals surface area (Å²) in [4.78, 5) is 21.3. The highest BCUT2D eigenvalue weighted by atomic mass is 32.1. The number of nitrogens with zero attached hydrogens (tertiary/aromatic N) is 4. The van der Waals surface area contributed by atoms with Crippen molar-refractivity contribution < 1.29 is 4.79 Å². The topological polar surface area (TPSA) is 51.0 Å². The number of aromatic nitrogens is 3. The minimum Gasteiger partial charge on any atom is -0.276 e. The summed E-state index contributed by atoms with van der Waals surface area (Å²) in [5.74, 6) is 1.46. The number of aryl methyl sites for hydroxylation is 2. The largest absolute Gasteiger partial charge is 0.276 e. The van der Waals surface area contributed by atoms with Gasteiger partial charge in [-0.25, -0.2) is 4.68 Å². The Labute approximate surface area is 146 Å². The Bertz CT molecular complexity index is 770. The molecule has 1 unspecified atom stereocenters. The second-order valence-corrected chi connectivity index (χ2v) is 9.10. The Hall–Kier alpha value is -1.69. The molecule has 5 nitrogen and oxygen atoms in total. The van der Waals surface area contributed by atoms with Crippen LogP contribution in [0.25, 0.3) is 0 Å². The molecule has 0 aromatic carbocycles.